The van der Waals surface area contributed by atoms with Crippen molar-refractivity contribution in [1.29, 1.82) is 0 Å². The number of benzene rings is 2. The van der Waals surface area contributed by atoms with Gasteiger partial charge in [0.2, 0.25) is 0 Å². The monoisotopic (exact) mass is 372 g/mol. The lowest BCUT2D eigenvalue weighted by atomic mass is 9.96. The van der Waals surface area contributed by atoms with Crippen molar-refractivity contribution in [2.75, 3.05) is 0 Å². The number of rotatable bonds is 4. The average Bonchev–Trinajstić information content (AvgIpc) is 2.60. The van der Waals surface area contributed by atoms with E-state index in [4.69, 9.17) is 28.6 Å². The van der Waals surface area contributed by atoms with Gasteiger partial charge in [0, 0.05) is 10.7 Å². The molecule has 0 spiro atoms. The summed E-state index contributed by atoms with van der Waals surface area (Å²) >= 11 is 11.2. The Hall–Kier alpha value is -2.37. The van der Waals surface area contributed by atoms with Crippen molar-refractivity contribution in [1.82, 2.24) is 10.6 Å². The zero-order chi connectivity index (χ0) is 17.8. The Balaban J connectivity index is 1.84. The first kappa shape index (κ1) is 17.5. The number of nitrogens with one attached hydrogen (secondary N) is 2. The Morgan fingerprint density at radius 1 is 1.16 bits per heavy atom. The predicted molar refractivity (Wildman–Crippen MR) is 102 cm³/mol. The van der Waals surface area contributed by atoms with Gasteiger partial charge in [0.1, 0.15) is 6.61 Å². The fourth-order valence-corrected chi connectivity index (χ4v) is 3.07. The third-order valence-electron chi connectivity index (χ3n) is 3.91. The van der Waals surface area contributed by atoms with E-state index >= 15 is 0 Å². The summed E-state index contributed by atoms with van der Waals surface area (Å²) in [5.41, 5.74) is 3.01. The Labute approximate surface area is 156 Å². The lowest BCUT2D eigenvalue weighted by molar-refractivity contribution is -0.140. The topological polar surface area (TPSA) is 50.4 Å². The molecule has 2 N–H and O–H groups in total. The molecular formula is C19H17ClN2O2S. The Morgan fingerprint density at radius 3 is 2.52 bits per heavy atom. The van der Waals surface area contributed by atoms with E-state index in [9.17, 15) is 4.79 Å². The second-order valence-corrected chi connectivity index (χ2v) is 6.53. The molecule has 2 aromatic carbocycles. The minimum absolute atomic E-state index is 0.217. The quantitative estimate of drug-likeness (QED) is 0.630. The summed E-state index contributed by atoms with van der Waals surface area (Å²) in [6.45, 7) is 2.03. The molecule has 3 rings (SSSR count). The second-order valence-electron chi connectivity index (χ2n) is 5.68. The number of hydrogen-bond acceptors (Lipinski definition) is 3. The highest BCUT2D eigenvalue weighted by Crippen LogP contribution is 2.28. The maximum Gasteiger partial charge on any atom is 0.338 e. The van der Waals surface area contributed by atoms with Crippen LogP contribution in [0.1, 0.15) is 24.1 Å². The highest BCUT2D eigenvalue weighted by atomic mass is 35.5. The number of carbonyl (C=O) groups excluding carboxylic acids is 1. The first-order chi connectivity index (χ1) is 12.0. The summed E-state index contributed by atoms with van der Waals surface area (Å²) in [4.78, 5) is 12.7. The van der Waals surface area contributed by atoms with E-state index in [-0.39, 0.29) is 18.6 Å². The number of hydrogen-bond donors (Lipinski definition) is 2. The molecule has 1 aliphatic heterocycles. The van der Waals surface area contributed by atoms with Crippen molar-refractivity contribution >= 4 is 34.9 Å². The van der Waals surface area contributed by atoms with Gasteiger partial charge < -0.3 is 15.4 Å². The predicted octanol–water partition coefficient (Wildman–Crippen LogP) is 3.88. The normalized spacial score (nSPS) is 16.9. The number of halogens is 1. The first-order valence-electron chi connectivity index (χ1n) is 7.79. The van der Waals surface area contributed by atoms with Crippen LogP contribution in [-0.4, -0.2) is 11.1 Å². The molecule has 1 aliphatic rings. The highest BCUT2D eigenvalue weighted by molar-refractivity contribution is 7.80. The lowest BCUT2D eigenvalue weighted by Crippen LogP contribution is -2.45. The van der Waals surface area contributed by atoms with Gasteiger partial charge in [-0.3, -0.25) is 0 Å². The van der Waals surface area contributed by atoms with Crippen LogP contribution >= 0.6 is 23.8 Å². The molecular weight excluding hydrogens is 356 g/mol. The largest absolute Gasteiger partial charge is 0.457 e. The maximum atomic E-state index is 12.7. The first-order valence-corrected chi connectivity index (χ1v) is 8.58. The highest BCUT2D eigenvalue weighted by Gasteiger charge is 2.30. The molecule has 1 heterocycles. The molecule has 4 nitrogen and oxygen atoms in total. The standard InChI is InChI=1S/C19H17ClN2O2S/c1-12-16(18(23)24-11-13-5-3-2-4-6-13)17(22-19(25)21-12)14-7-9-15(20)10-8-14/h2-10,17H,11H2,1H3,(H2,21,22,25)/t17-/m0/s1. The average molecular weight is 373 g/mol. The minimum Gasteiger partial charge on any atom is -0.457 e. The van der Waals surface area contributed by atoms with Gasteiger partial charge in [0.25, 0.3) is 0 Å². The van der Waals surface area contributed by atoms with Crippen molar-refractivity contribution in [2.45, 2.75) is 19.6 Å². The molecule has 0 amide bonds. The molecule has 0 radical (unpaired) electrons. The van der Waals surface area contributed by atoms with E-state index in [0.717, 1.165) is 11.1 Å². The van der Waals surface area contributed by atoms with Crippen molar-refractivity contribution in [3.05, 3.63) is 82.0 Å². The van der Waals surface area contributed by atoms with E-state index in [1.54, 1.807) is 12.1 Å². The third-order valence-corrected chi connectivity index (χ3v) is 4.38. The molecule has 1 atom stereocenters. The zero-order valence-corrected chi connectivity index (χ0v) is 15.2. The van der Waals surface area contributed by atoms with Crippen molar-refractivity contribution in [2.24, 2.45) is 0 Å². The molecule has 6 heteroatoms. The summed E-state index contributed by atoms with van der Waals surface area (Å²) in [7, 11) is 0. The van der Waals surface area contributed by atoms with Gasteiger partial charge in [-0.2, -0.15) is 0 Å². The maximum absolute atomic E-state index is 12.7. The minimum atomic E-state index is -0.385. The fraction of sp³-hybridized carbons (Fsp3) is 0.158. The van der Waals surface area contributed by atoms with E-state index in [2.05, 4.69) is 10.6 Å². The summed E-state index contributed by atoms with van der Waals surface area (Å²) < 4.78 is 5.50. The van der Waals surface area contributed by atoms with Gasteiger partial charge >= 0.3 is 5.97 Å². The third kappa shape index (κ3) is 4.18. The van der Waals surface area contributed by atoms with Crippen LogP contribution < -0.4 is 10.6 Å². The molecule has 0 bridgehead atoms. The molecule has 0 aliphatic carbocycles. The van der Waals surface area contributed by atoms with E-state index in [1.807, 2.05) is 49.4 Å². The smallest absolute Gasteiger partial charge is 0.338 e. The zero-order valence-electron chi connectivity index (χ0n) is 13.6. The second kappa shape index (κ2) is 7.68. The summed E-state index contributed by atoms with van der Waals surface area (Å²) in [5, 5.41) is 7.23. The van der Waals surface area contributed by atoms with Crippen LogP contribution in [-0.2, 0) is 16.1 Å². The molecule has 128 valence electrons. The Bertz CT molecular complexity index is 819. The van der Waals surface area contributed by atoms with Gasteiger partial charge in [-0.05, 0) is 42.4 Å². The molecule has 25 heavy (non-hydrogen) atoms. The molecule has 0 aromatic heterocycles. The van der Waals surface area contributed by atoms with Crippen LogP contribution in [0.5, 0.6) is 0 Å². The van der Waals surface area contributed by atoms with Gasteiger partial charge in [-0.15, -0.1) is 0 Å². The number of allylic oxidation sites excluding steroid dienone is 1. The number of carbonyl (C=O) groups is 1. The van der Waals surface area contributed by atoms with E-state index in [0.29, 0.717) is 21.4 Å². The van der Waals surface area contributed by atoms with Crippen LogP contribution in [0.4, 0.5) is 0 Å². The van der Waals surface area contributed by atoms with Gasteiger partial charge in [0.05, 0.1) is 11.6 Å². The van der Waals surface area contributed by atoms with E-state index < -0.39 is 0 Å². The van der Waals surface area contributed by atoms with Crippen molar-refractivity contribution < 1.29 is 9.53 Å². The van der Waals surface area contributed by atoms with Gasteiger partial charge in [0.15, 0.2) is 5.11 Å². The van der Waals surface area contributed by atoms with Crippen LogP contribution in [0.25, 0.3) is 0 Å². The number of thiocarbonyl (C=S) groups is 1. The molecule has 0 saturated heterocycles. The molecule has 0 saturated carbocycles. The van der Waals surface area contributed by atoms with Crippen LogP contribution in [0.3, 0.4) is 0 Å². The summed E-state index contributed by atoms with van der Waals surface area (Å²) in [6.07, 6.45) is 0. The van der Waals surface area contributed by atoms with Gasteiger partial charge in [-0.1, -0.05) is 54.1 Å². The SMILES string of the molecule is CC1=C(C(=O)OCc2ccccc2)[C@H](c2ccc(Cl)cc2)NC(=S)N1. The summed E-state index contributed by atoms with van der Waals surface area (Å²) in [6, 6.07) is 16.5. The molecule has 2 aromatic rings. The van der Waals surface area contributed by atoms with Crippen molar-refractivity contribution in [3.8, 4) is 0 Å². The van der Waals surface area contributed by atoms with Crippen molar-refractivity contribution in [3.63, 3.8) is 0 Å². The molecule has 0 unspecified atom stereocenters. The molecule has 0 fully saturated rings. The van der Waals surface area contributed by atoms with E-state index in [1.165, 1.54) is 0 Å². The number of esters is 1. The Morgan fingerprint density at radius 2 is 1.84 bits per heavy atom. The Kier molecular flexibility index (Phi) is 5.36. The summed E-state index contributed by atoms with van der Waals surface area (Å²) in [5.74, 6) is -0.385. The van der Waals surface area contributed by atoms with Crippen LogP contribution in [0.2, 0.25) is 5.02 Å². The van der Waals surface area contributed by atoms with Gasteiger partial charge in [-0.25, -0.2) is 4.79 Å². The van der Waals surface area contributed by atoms with Crippen LogP contribution in [0, 0.1) is 0 Å². The van der Waals surface area contributed by atoms with Crippen LogP contribution in [0.15, 0.2) is 65.9 Å². The fourth-order valence-electron chi connectivity index (χ4n) is 2.67. The lowest BCUT2D eigenvalue weighted by Gasteiger charge is -2.30. The number of ether oxygens (including phenoxy) is 1.